The van der Waals surface area contributed by atoms with Gasteiger partial charge in [0, 0.05) is 6.54 Å². The number of hydrogen-bond donors (Lipinski definition) is 0. The fraction of sp³-hybridized carbons (Fsp3) is 0.286. The fourth-order valence-corrected chi connectivity index (χ4v) is 3.31. The molecule has 1 heterocycles. The molecule has 33 heavy (non-hydrogen) atoms. The SMILES string of the molecule is CC1(C)C(=O)N(c2ccc(C#N)c(C(F)(F)F)c2)C(=O)N1Cc1ccc(OC(F)(F)F)cc1. The second kappa shape index (κ2) is 7.99. The summed E-state index contributed by atoms with van der Waals surface area (Å²) in [5.74, 6) is -1.28. The molecule has 6 nitrogen and oxygen atoms in total. The second-order valence-corrected chi connectivity index (χ2v) is 7.60. The largest absolute Gasteiger partial charge is 0.573 e. The Bertz CT molecular complexity index is 1130. The average molecular weight is 471 g/mol. The predicted molar refractivity (Wildman–Crippen MR) is 102 cm³/mol. The first-order valence-electron chi connectivity index (χ1n) is 9.27. The van der Waals surface area contributed by atoms with E-state index in [9.17, 15) is 35.9 Å². The minimum Gasteiger partial charge on any atom is -0.406 e. The van der Waals surface area contributed by atoms with E-state index in [0.717, 1.165) is 29.2 Å². The molecule has 0 radical (unpaired) electrons. The van der Waals surface area contributed by atoms with Crippen molar-refractivity contribution in [2.24, 2.45) is 0 Å². The Labute approximate surface area is 183 Å². The second-order valence-electron chi connectivity index (χ2n) is 7.60. The van der Waals surface area contributed by atoms with Crippen LogP contribution in [0.3, 0.4) is 0 Å². The number of urea groups is 1. The van der Waals surface area contributed by atoms with Crippen LogP contribution < -0.4 is 9.64 Å². The number of benzene rings is 2. The lowest BCUT2D eigenvalue weighted by Gasteiger charge is -2.27. The highest BCUT2D eigenvalue weighted by Gasteiger charge is 2.52. The summed E-state index contributed by atoms with van der Waals surface area (Å²) in [6.45, 7) is 2.58. The Morgan fingerprint density at radius 2 is 1.61 bits per heavy atom. The van der Waals surface area contributed by atoms with Crippen molar-refractivity contribution < 1.29 is 40.7 Å². The van der Waals surface area contributed by atoms with E-state index >= 15 is 0 Å². The van der Waals surface area contributed by atoms with Crippen molar-refractivity contribution in [3.8, 4) is 11.8 Å². The topological polar surface area (TPSA) is 73.6 Å². The summed E-state index contributed by atoms with van der Waals surface area (Å²) in [5.41, 5.74) is -3.43. The molecule has 174 valence electrons. The summed E-state index contributed by atoms with van der Waals surface area (Å²) in [7, 11) is 0. The number of nitrogens with zero attached hydrogens (tertiary/aromatic N) is 3. The van der Waals surface area contributed by atoms with Gasteiger partial charge in [-0.1, -0.05) is 12.1 Å². The molecule has 1 fully saturated rings. The van der Waals surface area contributed by atoms with Crippen LogP contribution in [0.5, 0.6) is 5.75 Å². The number of alkyl halides is 6. The molecule has 2 aromatic rings. The molecule has 0 spiro atoms. The number of anilines is 1. The standard InChI is InChI=1S/C21H15F6N3O3/c1-19(2)17(31)30(14-6-5-13(10-28)16(9-14)20(22,23)24)18(32)29(19)11-12-3-7-15(8-4-12)33-21(25,26)27/h3-9H,11H2,1-2H3. The van der Waals surface area contributed by atoms with Gasteiger partial charge in [0.2, 0.25) is 0 Å². The van der Waals surface area contributed by atoms with Crippen molar-refractivity contribution in [1.29, 1.82) is 5.26 Å². The monoisotopic (exact) mass is 471 g/mol. The number of carbonyl (C=O) groups excluding carboxylic acids is 2. The molecule has 1 saturated heterocycles. The summed E-state index contributed by atoms with van der Waals surface area (Å²) in [6, 6.07) is 7.58. The van der Waals surface area contributed by atoms with Gasteiger partial charge in [-0.25, -0.2) is 9.69 Å². The van der Waals surface area contributed by atoms with Crippen molar-refractivity contribution >= 4 is 17.6 Å². The molecule has 0 aliphatic carbocycles. The number of halogens is 6. The first-order valence-corrected chi connectivity index (χ1v) is 9.27. The van der Waals surface area contributed by atoms with Gasteiger partial charge in [-0.05, 0) is 49.7 Å². The van der Waals surface area contributed by atoms with Gasteiger partial charge in [-0.3, -0.25) is 4.79 Å². The number of imide groups is 1. The summed E-state index contributed by atoms with van der Waals surface area (Å²) in [5, 5.41) is 8.94. The van der Waals surface area contributed by atoms with Crippen LogP contribution in [0.1, 0.15) is 30.5 Å². The molecule has 12 heteroatoms. The van der Waals surface area contributed by atoms with Crippen molar-refractivity contribution in [3.63, 3.8) is 0 Å². The highest BCUT2D eigenvalue weighted by molar-refractivity contribution is 6.23. The summed E-state index contributed by atoms with van der Waals surface area (Å²) in [6.07, 6.45) is -9.76. The van der Waals surface area contributed by atoms with Crippen LogP contribution in [-0.2, 0) is 17.5 Å². The Morgan fingerprint density at radius 1 is 1.00 bits per heavy atom. The average Bonchev–Trinajstić information content (AvgIpc) is 2.86. The zero-order valence-electron chi connectivity index (χ0n) is 17.1. The third-order valence-electron chi connectivity index (χ3n) is 5.01. The number of nitriles is 1. The maximum Gasteiger partial charge on any atom is 0.573 e. The Morgan fingerprint density at radius 3 is 2.12 bits per heavy atom. The van der Waals surface area contributed by atoms with Gasteiger partial charge in [0.05, 0.1) is 22.9 Å². The summed E-state index contributed by atoms with van der Waals surface area (Å²) < 4.78 is 80.7. The van der Waals surface area contributed by atoms with E-state index in [-0.39, 0.29) is 12.2 Å². The van der Waals surface area contributed by atoms with E-state index in [4.69, 9.17) is 5.26 Å². The quantitative estimate of drug-likeness (QED) is 0.453. The van der Waals surface area contributed by atoms with Gasteiger partial charge in [0.1, 0.15) is 11.3 Å². The minimum atomic E-state index is -4.89. The van der Waals surface area contributed by atoms with Crippen molar-refractivity contribution in [2.45, 2.75) is 38.5 Å². The number of carbonyl (C=O) groups is 2. The number of hydrogen-bond acceptors (Lipinski definition) is 4. The van der Waals surface area contributed by atoms with Crippen molar-refractivity contribution in [1.82, 2.24) is 4.90 Å². The van der Waals surface area contributed by atoms with Crippen LogP contribution in [0.25, 0.3) is 0 Å². The normalized spacial score (nSPS) is 16.2. The van der Waals surface area contributed by atoms with E-state index in [1.165, 1.54) is 32.0 Å². The predicted octanol–water partition coefficient (Wildman–Crippen LogP) is 5.22. The molecule has 0 unspecified atom stereocenters. The molecular weight excluding hydrogens is 456 g/mol. The Hall–Kier alpha value is -3.75. The third-order valence-corrected chi connectivity index (χ3v) is 5.01. The lowest BCUT2D eigenvalue weighted by molar-refractivity contribution is -0.274. The van der Waals surface area contributed by atoms with Gasteiger partial charge >= 0.3 is 18.6 Å². The first kappa shape index (κ1) is 23.9. The van der Waals surface area contributed by atoms with Gasteiger partial charge < -0.3 is 9.64 Å². The smallest absolute Gasteiger partial charge is 0.406 e. The van der Waals surface area contributed by atoms with E-state index in [1.807, 2.05) is 0 Å². The Balaban J connectivity index is 1.91. The van der Waals surface area contributed by atoms with Crippen LogP contribution in [-0.4, -0.2) is 28.7 Å². The third kappa shape index (κ3) is 4.72. The van der Waals surface area contributed by atoms with Crippen LogP contribution in [0.2, 0.25) is 0 Å². The van der Waals surface area contributed by atoms with Gasteiger partial charge in [-0.15, -0.1) is 13.2 Å². The van der Waals surface area contributed by atoms with Crippen LogP contribution >= 0.6 is 0 Å². The highest BCUT2D eigenvalue weighted by Crippen LogP contribution is 2.38. The molecule has 0 N–H and O–H groups in total. The lowest BCUT2D eigenvalue weighted by atomic mass is 10.0. The molecule has 3 amide bonds. The lowest BCUT2D eigenvalue weighted by Crippen LogP contribution is -2.43. The molecular formula is C21H15F6N3O3. The fourth-order valence-electron chi connectivity index (χ4n) is 3.31. The maximum atomic E-state index is 13.3. The summed E-state index contributed by atoms with van der Waals surface area (Å²) >= 11 is 0. The van der Waals surface area contributed by atoms with E-state index in [1.54, 1.807) is 0 Å². The van der Waals surface area contributed by atoms with E-state index < -0.39 is 46.9 Å². The highest BCUT2D eigenvalue weighted by atomic mass is 19.4. The molecule has 0 saturated carbocycles. The van der Waals surface area contributed by atoms with Gasteiger partial charge in [0.15, 0.2) is 0 Å². The molecule has 1 aliphatic rings. The zero-order chi connectivity index (χ0) is 24.8. The van der Waals surface area contributed by atoms with Crippen LogP contribution in [0, 0.1) is 11.3 Å². The van der Waals surface area contributed by atoms with Crippen LogP contribution in [0.15, 0.2) is 42.5 Å². The molecule has 3 rings (SSSR count). The number of ether oxygens (including phenoxy) is 1. The summed E-state index contributed by atoms with van der Waals surface area (Å²) in [4.78, 5) is 27.6. The molecule has 2 aromatic carbocycles. The number of rotatable bonds is 4. The molecule has 0 bridgehead atoms. The van der Waals surface area contributed by atoms with E-state index in [0.29, 0.717) is 16.5 Å². The van der Waals surface area contributed by atoms with Crippen LogP contribution in [0.4, 0.5) is 36.8 Å². The molecule has 0 aromatic heterocycles. The molecule has 0 atom stereocenters. The van der Waals surface area contributed by atoms with Crippen molar-refractivity contribution in [3.05, 3.63) is 59.2 Å². The van der Waals surface area contributed by atoms with Crippen molar-refractivity contribution in [2.75, 3.05) is 4.90 Å². The first-order chi connectivity index (χ1) is 15.1. The maximum absolute atomic E-state index is 13.3. The van der Waals surface area contributed by atoms with Gasteiger partial charge in [0.25, 0.3) is 5.91 Å². The zero-order valence-corrected chi connectivity index (χ0v) is 17.1. The Kier molecular flexibility index (Phi) is 5.79. The van der Waals surface area contributed by atoms with Gasteiger partial charge in [-0.2, -0.15) is 18.4 Å². The minimum absolute atomic E-state index is 0.206. The molecule has 1 aliphatic heterocycles. The number of amides is 3. The van der Waals surface area contributed by atoms with E-state index in [2.05, 4.69) is 4.74 Å².